The molecule has 0 spiro atoms. The summed E-state index contributed by atoms with van der Waals surface area (Å²) in [5, 5.41) is 7.03. The average Bonchev–Trinajstić information content (AvgIpc) is 2.65. The number of hydrogen-bond acceptors (Lipinski definition) is 6. The van der Waals surface area contributed by atoms with Gasteiger partial charge in [0.2, 0.25) is 0 Å². The smallest absolute Gasteiger partial charge is 0.354 e. The Labute approximate surface area is 176 Å². The highest BCUT2D eigenvalue weighted by molar-refractivity contribution is 7.99. The second kappa shape index (κ2) is 9.34. The predicted molar refractivity (Wildman–Crippen MR) is 115 cm³/mol. The summed E-state index contributed by atoms with van der Waals surface area (Å²) in [5.74, 6) is 0. The van der Waals surface area contributed by atoms with Crippen LogP contribution in [0.4, 0.5) is 22.7 Å². The number of para-hydroxylation sites is 3. The first kappa shape index (κ1) is 22.6. The zero-order chi connectivity index (χ0) is 21.8. The Bertz CT molecular complexity index is 1100. The van der Waals surface area contributed by atoms with Crippen molar-refractivity contribution in [2.45, 2.75) is 9.79 Å². The number of rotatable bonds is 4. The average molecular weight is 468 g/mol. The molecule has 12 heteroatoms. The molecule has 158 valence electrons. The Morgan fingerprint density at radius 2 is 1.37 bits per heavy atom. The van der Waals surface area contributed by atoms with Gasteiger partial charge in [0, 0.05) is 15.5 Å². The lowest BCUT2D eigenvalue weighted by Gasteiger charge is -2.23. The van der Waals surface area contributed by atoms with Crippen molar-refractivity contribution < 1.29 is 33.0 Å². The summed E-state index contributed by atoms with van der Waals surface area (Å²) in [6, 6.07) is 25.0. The molecule has 0 aliphatic carbocycles. The zero-order valence-corrected chi connectivity index (χ0v) is 17.8. The molecule has 1 aliphatic heterocycles. The number of fused-ring (bicyclic) bond motifs is 2. The minimum atomic E-state index is -5.05. The molecule has 0 bridgehead atoms. The molecule has 1 aliphatic rings. The van der Waals surface area contributed by atoms with Crippen LogP contribution >= 0.6 is 27.4 Å². The normalized spacial score (nSPS) is 12.5. The third-order valence-electron chi connectivity index (χ3n) is 3.66. The van der Waals surface area contributed by atoms with Gasteiger partial charge in [0.05, 0.1) is 17.1 Å². The maximum Gasteiger partial charge on any atom is 0.478 e. The third kappa shape index (κ3) is 6.70. The lowest BCUT2D eigenvalue weighted by atomic mass is 10.2. The van der Waals surface area contributed by atoms with Gasteiger partial charge >= 0.3 is 15.6 Å². The van der Waals surface area contributed by atoms with E-state index < -0.39 is 15.6 Å². The van der Waals surface area contributed by atoms with Crippen molar-refractivity contribution in [3.63, 3.8) is 0 Å². The molecule has 0 saturated heterocycles. The van der Waals surface area contributed by atoms with Crippen molar-refractivity contribution in [1.29, 1.82) is 0 Å². The summed E-state index contributed by atoms with van der Waals surface area (Å²) in [4.78, 5) is 33.5. The van der Waals surface area contributed by atoms with Crippen molar-refractivity contribution in [3.8, 4) is 0 Å². The Morgan fingerprint density at radius 3 is 2.00 bits per heavy atom. The SMILES string of the molecule is O=P(O)(O)OP(=O)(O)O.c1ccc(Nc2cccc3c2Nc2ccccc2S3)cc1. The number of nitrogens with one attached hydrogen (secondary N) is 2. The van der Waals surface area contributed by atoms with Crippen LogP contribution in [0, 0.1) is 0 Å². The fourth-order valence-electron chi connectivity index (χ4n) is 2.58. The molecule has 30 heavy (non-hydrogen) atoms. The molecule has 6 N–H and O–H groups in total. The molecular weight excluding hydrogens is 450 g/mol. The molecule has 0 fully saturated rings. The van der Waals surface area contributed by atoms with Crippen LogP contribution in [0.15, 0.2) is 82.6 Å². The summed E-state index contributed by atoms with van der Waals surface area (Å²) in [6.07, 6.45) is 0. The highest BCUT2D eigenvalue weighted by atomic mass is 32.2. The maximum absolute atomic E-state index is 9.63. The van der Waals surface area contributed by atoms with Crippen LogP contribution in [-0.2, 0) is 13.4 Å². The molecule has 0 saturated carbocycles. The molecule has 9 nitrogen and oxygen atoms in total. The van der Waals surface area contributed by atoms with Gasteiger partial charge in [-0.1, -0.05) is 48.2 Å². The van der Waals surface area contributed by atoms with E-state index in [0.29, 0.717) is 0 Å². The molecule has 0 aromatic heterocycles. The van der Waals surface area contributed by atoms with Gasteiger partial charge in [-0.3, -0.25) is 0 Å². The molecule has 4 rings (SSSR count). The topological polar surface area (TPSA) is 148 Å². The first-order chi connectivity index (χ1) is 14.1. The van der Waals surface area contributed by atoms with Gasteiger partial charge in [0.1, 0.15) is 0 Å². The van der Waals surface area contributed by atoms with E-state index in [1.165, 1.54) is 9.79 Å². The van der Waals surface area contributed by atoms with E-state index in [2.05, 4.69) is 69.5 Å². The van der Waals surface area contributed by atoms with E-state index in [-0.39, 0.29) is 0 Å². The first-order valence-electron chi connectivity index (χ1n) is 8.42. The minimum absolute atomic E-state index is 1.09. The second-order valence-electron chi connectivity index (χ2n) is 5.96. The number of hydrogen-bond donors (Lipinski definition) is 6. The molecule has 1 heterocycles. The van der Waals surface area contributed by atoms with Crippen molar-refractivity contribution >= 4 is 50.2 Å². The maximum atomic E-state index is 9.63. The molecule has 3 aromatic rings. The van der Waals surface area contributed by atoms with Crippen LogP contribution in [0.5, 0.6) is 0 Å². The van der Waals surface area contributed by atoms with Gasteiger partial charge in [-0.05, 0) is 36.4 Å². The molecule has 0 amide bonds. The van der Waals surface area contributed by atoms with Crippen molar-refractivity contribution in [2.24, 2.45) is 0 Å². The summed E-state index contributed by atoms with van der Waals surface area (Å²) in [5.41, 5.74) is 4.50. The van der Waals surface area contributed by atoms with Crippen molar-refractivity contribution in [3.05, 3.63) is 72.8 Å². The third-order valence-corrected chi connectivity index (χ3v) is 6.50. The van der Waals surface area contributed by atoms with Crippen LogP contribution in [0.2, 0.25) is 0 Å². The van der Waals surface area contributed by atoms with Gasteiger partial charge in [0.25, 0.3) is 0 Å². The van der Waals surface area contributed by atoms with Gasteiger partial charge in [-0.25, -0.2) is 9.13 Å². The van der Waals surface area contributed by atoms with Crippen LogP contribution in [-0.4, -0.2) is 19.6 Å². The highest BCUT2D eigenvalue weighted by Crippen LogP contribution is 2.53. The van der Waals surface area contributed by atoms with Gasteiger partial charge in [0.15, 0.2) is 0 Å². The van der Waals surface area contributed by atoms with Crippen LogP contribution in [0.3, 0.4) is 0 Å². The minimum Gasteiger partial charge on any atom is -0.354 e. The number of phosphoric acid groups is 2. The molecule has 0 atom stereocenters. The van der Waals surface area contributed by atoms with Crippen molar-refractivity contribution in [2.75, 3.05) is 10.6 Å². The quantitative estimate of drug-likeness (QED) is 0.230. The van der Waals surface area contributed by atoms with E-state index in [1.807, 2.05) is 18.2 Å². The van der Waals surface area contributed by atoms with E-state index >= 15 is 0 Å². The number of anilines is 4. The summed E-state index contributed by atoms with van der Waals surface area (Å²) in [7, 11) is -10.1. The standard InChI is InChI=1S/C18H14N2S.H4O7P2/c1-2-7-13(8-3-1)19-15-10-6-12-17-18(15)20-14-9-4-5-11-16(14)21-17;1-8(2,3)7-9(4,5)6/h1-12,19-20H;(H2,1,2,3)(H2,4,5,6). The number of benzene rings is 3. The van der Waals surface area contributed by atoms with Gasteiger partial charge < -0.3 is 30.2 Å². The van der Waals surface area contributed by atoms with E-state index in [9.17, 15) is 9.13 Å². The van der Waals surface area contributed by atoms with Gasteiger partial charge in [-0.2, -0.15) is 4.31 Å². The van der Waals surface area contributed by atoms with E-state index in [4.69, 9.17) is 19.6 Å². The van der Waals surface area contributed by atoms with Gasteiger partial charge in [-0.15, -0.1) is 0 Å². The summed E-state index contributed by atoms with van der Waals surface area (Å²) < 4.78 is 22.2. The fraction of sp³-hybridized carbons (Fsp3) is 0. The molecule has 0 unspecified atom stereocenters. The Kier molecular flexibility index (Phi) is 7.02. The lowest BCUT2D eigenvalue weighted by Crippen LogP contribution is -2.03. The predicted octanol–water partition coefficient (Wildman–Crippen LogP) is 4.83. The lowest BCUT2D eigenvalue weighted by molar-refractivity contribution is 0.225. The van der Waals surface area contributed by atoms with Crippen LogP contribution in [0.1, 0.15) is 0 Å². The van der Waals surface area contributed by atoms with E-state index in [1.54, 1.807) is 11.8 Å². The second-order valence-corrected chi connectivity index (χ2v) is 9.66. The molecular formula is C18H18N2O7P2S. The summed E-state index contributed by atoms with van der Waals surface area (Å²) in [6.45, 7) is 0. The Balaban J connectivity index is 0.000000244. The van der Waals surface area contributed by atoms with Crippen molar-refractivity contribution in [1.82, 2.24) is 0 Å². The molecule has 3 aromatic carbocycles. The molecule has 0 radical (unpaired) electrons. The van der Waals surface area contributed by atoms with Crippen LogP contribution in [0.25, 0.3) is 0 Å². The largest absolute Gasteiger partial charge is 0.478 e. The Morgan fingerprint density at radius 1 is 0.767 bits per heavy atom. The monoisotopic (exact) mass is 468 g/mol. The summed E-state index contributed by atoms with van der Waals surface area (Å²) >= 11 is 1.80. The first-order valence-corrected chi connectivity index (χ1v) is 12.3. The Hall–Kier alpha value is -2.13. The van der Waals surface area contributed by atoms with Crippen LogP contribution < -0.4 is 10.6 Å². The zero-order valence-electron chi connectivity index (χ0n) is 15.2. The van der Waals surface area contributed by atoms with E-state index in [0.717, 1.165) is 22.7 Å². The fourth-order valence-corrected chi connectivity index (χ4v) is 4.71. The highest BCUT2D eigenvalue weighted by Gasteiger charge is 2.28.